The SMILES string of the molecule is CCC(C)NS(=O)(=O)c1ccc(C(=O)N(C)Cc2ccncc2)cc1. The van der Waals surface area contributed by atoms with Crippen molar-refractivity contribution in [1.29, 1.82) is 0 Å². The second-order valence-corrected chi connectivity index (χ2v) is 7.69. The lowest BCUT2D eigenvalue weighted by Crippen LogP contribution is -2.32. The van der Waals surface area contributed by atoms with Gasteiger partial charge in [-0.2, -0.15) is 0 Å². The largest absolute Gasteiger partial charge is 0.337 e. The van der Waals surface area contributed by atoms with E-state index in [2.05, 4.69) is 9.71 Å². The van der Waals surface area contributed by atoms with Gasteiger partial charge in [0, 0.05) is 37.6 Å². The maximum absolute atomic E-state index is 12.5. The van der Waals surface area contributed by atoms with Crippen LogP contribution in [0.2, 0.25) is 0 Å². The lowest BCUT2D eigenvalue weighted by Gasteiger charge is -2.17. The molecule has 7 heteroatoms. The number of carbonyl (C=O) groups excluding carboxylic acids is 1. The summed E-state index contributed by atoms with van der Waals surface area (Å²) in [4.78, 5) is 18.2. The summed E-state index contributed by atoms with van der Waals surface area (Å²) in [6, 6.07) is 9.54. The molecule has 1 N–H and O–H groups in total. The highest BCUT2D eigenvalue weighted by molar-refractivity contribution is 7.89. The maximum atomic E-state index is 12.5. The van der Waals surface area contributed by atoms with Crippen molar-refractivity contribution in [1.82, 2.24) is 14.6 Å². The predicted molar refractivity (Wildman–Crippen MR) is 96.6 cm³/mol. The zero-order valence-electron chi connectivity index (χ0n) is 14.6. The van der Waals surface area contributed by atoms with Crippen molar-refractivity contribution in [2.24, 2.45) is 0 Å². The first-order chi connectivity index (χ1) is 11.8. The molecule has 0 aliphatic rings. The van der Waals surface area contributed by atoms with Crippen LogP contribution in [-0.4, -0.2) is 37.3 Å². The van der Waals surface area contributed by atoms with Crippen LogP contribution in [0.5, 0.6) is 0 Å². The second-order valence-electron chi connectivity index (χ2n) is 5.97. The van der Waals surface area contributed by atoms with Crippen LogP contribution in [0.3, 0.4) is 0 Å². The Labute approximate surface area is 148 Å². The number of rotatable bonds is 7. The Bertz CT molecular complexity index is 805. The summed E-state index contributed by atoms with van der Waals surface area (Å²) < 4.78 is 27.1. The number of hydrogen-bond acceptors (Lipinski definition) is 4. The molecule has 0 spiro atoms. The Morgan fingerprint density at radius 3 is 2.32 bits per heavy atom. The molecule has 2 rings (SSSR count). The summed E-state index contributed by atoms with van der Waals surface area (Å²) in [5.41, 5.74) is 1.42. The smallest absolute Gasteiger partial charge is 0.253 e. The minimum atomic E-state index is -3.56. The molecule has 0 aliphatic heterocycles. The Hall–Kier alpha value is -2.25. The Kier molecular flexibility index (Phi) is 6.27. The number of amides is 1. The van der Waals surface area contributed by atoms with Crippen LogP contribution in [0.15, 0.2) is 53.7 Å². The van der Waals surface area contributed by atoms with Gasteiger partial charge in [-0.15, -0.1) is 0 Å². The number of aromatic nitrogens is 1. The zero-order chi connectivity index (χ0) is 18.4. The molecule has 2 aromatic rings. The number of nitrogens with one attached hydrogen (secondary N) is 1. The number of carbonyl (C=O) groups is 1. The molecule has 0 fully saturated rings. The summed E-state index contributed by atoms with van der Waals surface area (Å²) >= 11 is 0. The fourth-order valence-electron chi connectivity index (χ4n) is 2.25. The van der Waals surface area contributed by atoms with E-state index in [-0.39, 0.29) is 16.8 Å². The van der Waals surface area contributed by atoms with Crippen molar-refractivity contribution in [3.63, 3.8) is 0 Å². The van der Waals surface area contributed by atoms with Gasteiger partial charge in [-0.1, -0.05) is 6.92 Å². The zero-order valence-corrected chi connectivity index (χ0v) is 15.5. The first-order valence-corrected chi connectivity index (χ1v) is 9.58. The summed E-state index contributed by atoms with van der Waals surface area (Å²) in [7, 11) is -1.86. The predicted octanol–water partition coefficient (Wildman–Crippen LogP) is 2.43. The van der Waals surface area contributed by atoms with Crippen molar-refractivity contribution < 1.29 is 13.2 Å². The summed E-state index contributed by atoms with van der Waals surface area (Å²) in [5.74, 6) is -0.171. The first kappa shape index (κ1) is 19.1. The van der Waals surface area contributed by atoms with Crippen LogP contribution in [-0.2, 0) is 16.6 Å². The van der Waals surface area contributed by atoms with Crippen molar-refractivity contribution in [2.45, 2.75) is 37.8 Å². The molecule has 25 heavy (non-hydrogen) atoms. The van der Waals surface area contributed by atoms with Gasteiger partial charge in [-0.05, 0) is 55.3 Å². The molecular weight excluding hydrogens is 338 g/mol. The van der Waals surface area contributed by atoms with E-state index in [1.165, 1.54) is 24.3 Å². The van der Waals surface area contributed by atoms with E-state index in [1.807, 2.05) is 26.0 Å². The standard InChI is InChI=1S/C18H23N3O3S/c1-4-14(2)20-25(23,24)17-7-5-16(6-8-17)18(22)21(3)13-15-9-11-19-12-10-15/h5-12,14,20H,4,13H2,1-3H3. The number of nitrogens with zero attached hydrogens (tertiary/aromatic N) is 2. The van der Waals surface area contributed by atoms with Gasteiger partial charge in [0.2, 0.25) is 10.0 Å². The lowest BCUT2D eigenvalue weighted by molar-refractivity contribution is 0.0785. The number of benzene rings is 1. The van der Waals surface area contributed by atoms with Gasteiger partial charge in [0.25, 0.3) is 5.91 Å². The third-order valence-electron chi connectivity index (χ3n) is 3.90. The first-order valence-electron chi connectivity index (χ1n) is 8.10. The molecule has 6 nitrogen and oxygen atoms in total. The van der Waals surface area contributed by atoms with Crippen molar-refractivity contribution >= 4 is 15.9 Å². The van der Waals surface area contributed by atoms with E-state index in [1.54, 1.807) is 24.3 Å². The van der Waals surface area contributed by atoms with Crippen molar-refractivity contribution in [3.8, 4) is 0 Å². The van der Waals surface area contributed by atoms with Gasteiger partial charge < -0.3 is 4.90 Å². The summed E-state index contributed by atoms with van der Waals surface area (Å²) in [5, 5.41) is 0. The number of hydrogen-bond donors (Lipinski definition) is 1. The summed E-state index contributed by atoms with van der Waals surface area (Å²) in [6.07, 6.45) is 4.06. The topological polar surface area (TPSA) is 79.4 Å². The molecule has 1 atom stereocenters. The number of pyridine rings is 1. The van der Waals surface area contributed by atoms with Gasteiger partial charge in [-0.3, -0.25) is 9.78 Å². The monoisotopic (exact) mass is 361 g/mol. The molecule has 134 valence electrons. The highest BCUT2D eigenvalue weighted by atomic mass is 32.2. The molecule has 1 aromatic carbocycles. The van der Waals surface area contributed by atoms with Crippen LogP contribution in [0.25, 0.3) is 0 Å². The Morgan fingerprint density at radius 1 is 1.16 bits per heavy atom. The van der Waals surface area contributed by atoms with Crippen LogP contribution in [0.1, 0.15) is 36.2 Å². The molecule has 0 saturated carbocycles. The molecule has 0 bridgehead atoms. The minimum Gasteiger partial charge on any atom is -0.337 e. The minimum absolute atomic E-state index is 0.141. The average molecular weight is 361 g/mol. The normalized spacial score (nSPS) is 12.6. The number of sulfonamides is 1. The van der Waals surface area contributed by atoms with Gasteiger partial charge in [0.1, 0.15) is 0 Å². The van der Waals surface area contributed by atoms with E-state index in [0.29, 0.717) is 18.5 Å². The van der Waals surface area contributed by atoms with E-state index in [9.17, 15) is 13.2 Å². The molecular formula is C18H23N3O3S. The van der Waals surface area contributed by atoms with Crippen molar-refractivity contribution in [2.75, 3.05) is 7.05 Å². The lowest BCUT2D eigenvalue weighted by atomic mass is 10.2. The molecule has 1 amide bonds. The van der Waals surface area contributed by atoms with Gasteiger partial charge >= 0.3 is 0 Å². The maximum Gasteiger partial charge on any atom is 0.253 e. The van der Waals surface area contributed by atoms with E-state index >= 15 is 0 Å². The quantitative estimate of drug-likeness (QED) is 0.821. The van der Waals surface area contributed by atoms with Crippen LogP contribution in [0.4, 0.5) is 0 Å². The van der Waals surface area contributed by atoms with Gasteiger partial charge in [-0.25, -0.2) is 13.1 Å². The molecule has 1 unspecified atom stereocenters. The second kappa shape index (κ2) is 8.22. The fraction of sp³-hybridized carbons (Fsp3) is 0.333. The van der Waals surface area contributed by atoms with Crippen LogP contribution < -0.4 is 4.72 Å². The Morgan fingerprint density at radius 2 is 1.76 bits per heavy atom. The summed E-state index contributed by atoms with van der Waals surface area (Å²) in [6.45, 7) is 4.17. The van der Waals surface area contributed by atoms with Crippen LogP contribution >= 0.6 is 0 Å². The molecule has 0 aliphatic carbocycles. The third-order valence-corrected chi connectivity index (χ3v) is 5.50. The van der Waals surface area contributed by atoms with Gasteiger partial charge in [0.15, 0.2) is 0 Å². The van der Waals surface area contributed by atoms with E-state index in [0.717, 1.165) is 5.56 Å². The average Bonchev–Trinajstić information content (AvgIpc) is 2.61. The van der Waals surface area contributed by atoms with Gasteiger partial charge in [0.05, 0.1) is 4.90 Å². The van der Waals surface area contributed by atoms with Crippen molar-refractivity contribution in [3.05, 3.63) is 59.9 Å². The van der Waals surface area contributed by atoms with Crippen LogP contribution in [0, 0.1) is 0 Å². The third kappa shape index (κ3) is 5.11. The van der Waals surface area contributed by atoms with E-state index < -0.39 is 10.0 Å². The molecule has 0 radical (unpaired) electrons. The van der Waals surface area contributed by atoms with E-state index in [4.69, 9.17) is 0 Å². The molecule has 1 aromatic heterocycles. The fourth-order valence-corrected chi connectivity index (χ4v) is 3.57. The highest BCUT2D eigenvalue weighted by Gasteiger charge is 2.18. The highest BCUT2D eigenvalue weighted by Crippen LogP contribution is 2.14. The molecule has 1 heterocycles. The molecule has 0 saturated heterocycles. The Balaban J connectivity index is 2.09.